The standard InChI is InChI=1S/C15H21NO2S/c17-10-2-1-3-14-4-5-15(19-14)11-16-8-6-13(12-18)7-9-16/h4-5,13,17-18H,2,6-12H2. The fourth-order valence-corrected chi connectivity index (χ4v) is 3.21. The van der Waals surface area contributed by atoms with Crippen LogP contribution in [-0.4, -0.2) is 41.4 Å². The quantitative estimate of drug-likeness (QED) is 0.824. The van der Waals surface area contributed by atoms with Crippen LogP contribution in [0.3, 0.4) is 0 Å². The maximum absolute atomic E-state index is 9.12. The molecule has 0 unspecified atom stereocenters. The van der Waals surface area contributed by atoms with E-state index in [2.05, 4.69) is 28.9 Å². The number of aliphatic hydroxyl groups excluding tert-OH is 2. The highest BCUT2D eigenvalue weighted by Gasteiger charge is 2.18. The van der Waals surface area contributed by atoms with Crippen molar-refractivity contribution in [1.29, 1.82) is 0 Å². The average Bonchev–Trinajstić information content (AvgIpc) is 2.88. The molecule has 19 heavy (non-hydrogen) atoms. The zero-order valence-corrected chi connectivity index (χ0v) is 12.0. The molecule has 0 amide bonds. The summed E-state index contributed by atoms with van der Waals surface area (Å²) in [4.78, 5) is 4.87. The Morgan fingerprint density at radius 2 is 2.05 bits per heavy atom. The predicted octanol–water partition coefficient (Wildman–Crippen LogP) is 1.69. The van der Waals surface area contributed by atoms with Gasteiger partial charge in [0.25, 0.3) is 0 Å². The lowest BCUT2D eigenvalue weighted by molar-refractivity contribution is 0.128. The lowest BCUT2D eigenvalue weighted by Crippen LogP contribution is -2.34. The van der Waals surface area contributed by atoms with Crippen LogP contribution in [0.1, 0.15) is 29.0 Å². The first kappa shape index (κ1) is 14.5. The first-order valence-electron chi connectivity index (χ1n) is 6.83. The molecule has 2 heterocycles. The third kappa shape index (κ3) is 4.63. The maximum Gasteiger partial charge on any atom is 0.0771 e. The minimum Gasteiger partial charge on any atom is -0.396 e. The van der Waals surface area contributed by atoms with Gasteiger partial charge in [-0.2, -0.15) is 0 Å². The van der Waals surface area contributed by atoms with Crippen LogP contribution in [-0.2, 0) is 6.54 Å². The molecule has 0 bridgehead atoms. The van der Waals surface area contributed by atoms with E-state index in [0.717, 1.165) is 37.4 Å². The molecule has 4 heteroatoms. The second-order valence-electron chi connectivity index (χ2n) is 4.94. The third-order valence-corrected chi connectivity index (χ3v) is 4.44. The number of hydrogen-bond acceptors (Lipinski definition) is 4. The van der Waals surface area contributed by atoms with Crippen LogP contribution in [0.25, 0.3) is 0 Å². The minimum atomic E-state index is 0.130. The Morgan fingerprint density at radius 1 is 1.26 bits per heavy atom. The number of nitrogens with zero attached hydrogens (tertiary/aromatic N) is 1. The number of rotatable bonds is 4. The summed E-state index contributed by atoms with van der Waals surface area (Å²) in [6.45, 7) is 3.61. The van der Waals surface area contributed by atoms with Crippen molar-refractivity contribution in [3.63, 3.8) is 0 Å². The van der Waals surface area contributed by atoms with Crippen molar-refractivity contribution in [2.45, 2.75) is 25.8 Å². The van der Waals surface area contributed by atoms with Gasteiger partial charge in [0.2, 0.25) is 0 Å². The summed E-state index contributed by atoms with van der Waals surface area (Å²) in [5.41, 5.74) is 0. The fourth-order valence-electron chi connectivity index (χ4n) is 2.28. The zero-order valence-electron chi connectivity index (χ0n) is 11.1. The number of aliphatic hydroxyl groups is 2. The van der Waals surface area contributed by atoms with Gasteiger partial charge in [0.1, 0.15) is 0 Å². The van der Waals surface area contributed by atoms with E-state index < -0.39 is 0 Å². The van der Waals surface area contributed by atoms with Crippen molar-refractivity contribution in [3.05, 3.63) is 21.9 Å². The van der Waals surface area contributed by atoms with E-state index in [0.29, 0.717) is 18.9 Å². The molecule has 1 aliphatic rings. The highest BCUT2D eigenvalue weighted by molar-refractivity contribution is 7.12. The molecule has 0 aromatic carbocycles. The van der Waals surface area contributed by atoms with Gasteiger partial charge in [-0.05, 0) is 44.0 Å². The third-order valence-electron chi connectivity index (χ3n) is 3.45. The van der Waals surface area contributed by atoms with Gasteiger partial charge in [-0.1, -0.05) is 11.8 Å². The molecule has 0 atom stereocenters. The van der Waals surface area contributed by atoms with E-state index in [-0.39, 0.29) is 6.61 Å². The van der Waals surface area contributed by atoms with E-state index in [1.807, 2.05) is 0 Å². The number of piperidine rings is 1. The molecule has 2 N–H and O–H groups in total. The van der Waals surface area contributed by atoms with Crippen LogP contribution in [0, 0.1) is 17.8 Å². The summed E-state index contributed by atoms with van der Waals surface area (Å²) in [5, 5.41) is 17.8. The van der Waals surface area contributed by atoms with E-state index in [1.54, 1.807) is 11.3 Å². The number of hydrogen-bond donors (Lipinski definition) is 2. The molecule has 1 aromatic heterocycles. The molecule has 3 nitrogen and oxygen atoms in total. The Bertz CT molecular complexity index is 438. The van der Waals surface area contributed by atoms with Gasteiger partial charge >= 0.3 is 0 Å². The Balaban J connectivity index is 1.82. The van der Waals surface area contributed by atoms with Crippen molar-refractivity contribution in [2.24, 2.45) is 5.92 Å². The monoisotopic (exact) mass is 279 g/mol. The molecule has 0 spiro atoms. The van der Waals surface area contributed by atoms with Crippen molar-refractivity contribution in [2.75, 3.05) is 26.3 Å². The number of likely N-dealkylation sites (tertiary alicyclic amines) is 1. The first-order valence-corrected chi connectivity index (χ1v) is 7.65. The Kier molecular flexibility index (Phi) is 5.87. The van der Waals surface area contributed by atoms with Crippen LogP contribution in [0.5, 0.6) is 0 Å². The molecular weight excluding hydrogens is 258 g/mol. The van der Waals surface area contributed by atoms with Gasteiger partial charge in [0, 0.05) is 24.4 Å². The summed E-state index contributed by atoms with van der Waals surface area (Å²) in [6, 6.07) is 4.20. The van der Waals surface area contributed by atoms with Crippen LogP contribution in [0.15, 0.2) is 12.1 Å². The predicted molar refractivity (Wildman–Crippen MR) is 78.0 cm³/mol. The van der Waals surface area contributed by atoms with E-state index in [4.69, 9.17) is 10.2 Å². The normalized spacial score (nSPS) is 17.2. The van der Waals surface area contributed by atoms with Crippen LogP contribution in [0.4, 0.5) is 0 Å². The van der Waals surface area contributed by atoms with Gasteiger partial charge in [0.15, 0.2) is 0 Å². The molecule has 0 radical (unpaired) electrons. The minimum absolute atomic E-state index is 0.130. The van der Waals surface area contributed by atoms with Gasteiger partial charge in [-0.15, -0.1) is 11.3 Å². The van der Waals surface area contributed by atoms with Gasteiger partial charge in [-0.3, -0.25) is 4.90 Å². The van der Waals surface area contributed by atoms with Gasteiger partial charge < -0.3 is 10.2 Å². The Morgan fingerprint density at radius 3 is 2.74 bits per heavy atom. The van der Waals surface area contributed by atoms with Crippen molar-refractivity contribution < 1.29 is 10.2 Å². The summed E-state index contributed by atoms with van der Waals surface area (Å²) in [5.74, 6) is 6.53. The Hall–Kier alpha value is -0.860. The van der Waals surface area contributed by atoms with Crippen molar-refractivity contribution >= 4 is 11.3 Å². The molecule has 104 valence electrons. The highest BCUT2D eigenvalue weighted by atomic mass is 32.1. The van der Waals surface area contributed by atoms with Crippen molar-refractivity contribution in [3.8, 4) is 11.8 Å². The summed E-state index contributed by atoms with van der Waals surface area (Å²) in [7, 11) is 0. The molecule has 1 fully saturated rings. The summed E-state index contributed by atoms with van der Waals surface area (Å²) < 4.78 is 0. The lowest BCUT2D eigenvalue weighted by Gasteiger charge is -2.30. The average molecular weight is 279 g/mol. The maximum atomic E-state index is 9.12. The molecule has 1 saturated heterocycles. The number of thiophene rings is 1. The first-order chi connectivity index (χ1) is 9.31. The van der Waals surface area contributed by atoms with Crippen LogP contribution < -0.4 is 0 Å². The van der Waals surface area contributed by atoms with Crippen LogP contribution >= 0.6 is 11.3 Å². The smallest absolute Gasteiger partial charge is 0.0771 e. The van der Waals surface area contributed by atoms with Gasteiger partial charge in [0.05, 0.1) is 11.5 Å². The molecule has 0 saturated carbocycles. The van der Waals surface area contributed by atoms with Crippen molar-refractivity contribution in [1.82, 2.24) is 4.90 Å². The Labute approximate surface area is 118 Å². The molecule has 0 aliphatic carbocycles. The second-order valence-corrected chi connectivity index (χ2v) is 6.11. The molecule has 1 aromatic rings. The topological polar surface area (TPSA) is 43.7 Å². The van der Waals surface area contributed by atoms with E-state index in [9.17, 15) is 0 Å². The molecular formula is C15H21NO2S. The van der Waals surface area contributed by atoms with E-state index >= 15 is 0 Å². The largest absolute Gasteiger partial charge is 0.396 e. The highest BCUT2D eigenvalue weighted by Crippen LogP contribution is 2.22. The fraction of sp³-hybridized carbons (Fsp3) is 0.600. The SMILES string of the molecule is OCCC#Cc1ccc(CN2CCC(CO)CC2)s1. The second kappa shape index (κ2) is 7.66. The summed E-state index contributed by atoms with van der Waals surface area (Å²) in [6.07, 6.45) is 2.75. The summed E-state index contributed by atoms with van der Waals surface area (Å²) >= 11 is 1.74. The molecule has 2 rings (SSSR count). The van der Waals surface area contributed by atoms with Crippen LogP contribution in [0.2, 0.25) is 0 Å². The lowest BCUT2D eigenvalue weighted by atomic mass is 9.98. The zero-order chi connectivity index (χ0) is 13.5. The van der Waals surface area contributed by atoms with Gasteiger partial charge in [-0.25, -0.2) is 0 Å². The molecule has 1 aliphatic heterocycles. The van der Waals surface area contributed by atoms with E-state index in [1.165, 1.54) is 4.88 Å².